The van der Waals surface area contributed by atoms with Crippen molar-refractivity contribution in [3.63, 3.8) is 0 Å². The van der Waals surface area contributed by atoms with Crippen molar-refractivity contribution in [3.05, 3.63) is 12.2 Å². The van der Waals surface area contributed by atoms with Gasteiger partial charge in [-0.3, -0.25) is 14.4 Å². The number of ether oxygens (including phenoxy) is 2. The van der Waals surface area contributed by atoms with E-state index in [1.165, 1.54) is 13.2 Å². The quantitative estimate of drug-likeness (QED) is 0.478. The summed E-state index contributed by atoms with van der Waals surface area (Å²) in [6.45, 7) is 1.74. The van der Waals surface area contributed by atoms with Gasteiger partial charge in [0.05, 0.1) is 24.0 Å². The van der Waals surface area contributed by atoms with Crippen LogP contribution >= 0.6 is 0 Å². The van der Waals surface area contributed by atoms with Crippen molar-refractivity contribution < 1.29 is 29.0 Å². The normalized spacial score (nSPS) is 44.5. The Balaban J connectivity index is 1.99. The van der Waals surface area contributed by atoms with Crippen LogP contribution in [0.25, 0.3) is 0 Å². The van der Waals surface area contributed by atoms with E-state index in [9.17, 15) is 19.5 Å². The molecule has 2 bridgehead atoms. The summed E-state index contributed by atoms with van der Waals surface area (Å²) in [6, 6.07) is 0. The highest BCUT2D eigenvalue weighted by Crippen LogP contribution is 2.64. The van der Waals surface area contributed by atoms with Crippen LogP contribution in [-0.4, -0.2) is 41.6 Å². The molecule has 2 saturated carbocycles. The molecule has 1 saturated heterocycles. The van der Waals surface area contributed by atoms with Crippen molar-refractivity contribution >= 4 is 18.2 Å². The Morgan fingerprint density at radius 2 is 1.96 bits per heavy atom. The zero-order valence-corrected chi connectivity index (χ0v) is 14.1. The summed E-state index contributed by atoms with van der Waals surface area (Å²) in [5, 5.41) is 11.6. The molecule has 1 heterocycles. The van der Waals surface area contributed by atoms with Gasteiger partial charge in [0.2, 0.25) is 0 Å². The van der Waals surface area contributed by atoms with Crippen LogP contribution in [0.4, 0.5) is 0 Å². The number of cyclic esters (lactones) is 1. The molecule has 6 nitrogen and oxygen atoms in total. The molecule has 6 heteroatoms. The number of rotatable bonds is 3. The summed E-state index contributed by atoms with van der Waals surface area (Å²) >= 11 is 0. The minimum absolute atomic E-state index is 0.282. The highest BCUT2D eigenvalue weighted by Gasteiger charge is 2.72. The number of allylic oxidation sites excluding steroid dienone is 1. The summed E-state index contributed by atoms with van der Waals surface area (Å²) in [7, 11) is 1.36. The molecule has 24 heavy (non-hydrogen) atoms. The maximum Gasteiger partial charge on any atom is 0.315 e. The van der Waals surface area contributed by atoms with E-state index in [-0.39, 0.29) is 17.8 Å². The van der Waals surface area contributed by atoms with Crippen LogP contribution in [0.2, 0.25) is 0 Å². The molecular weight excluding hydrogens is 312 g/mol. The third kappa shape index (κ3) is 2.15. The summed E-state index contributed by atoms with van der Waals surface area (Å²) in [5.74, 6) is -1.29. The number of hydrogen-bond donors (Lipinski definition) is 1. The van der Waals surface area contributed by atoms with Gasteiger partial charge in [-0.1, -0.05) is 0 Å². The van der Waals surface area contributed by atoms with E-state index in [1.807, 2.05) is 0 Å². The molecule has 132 valence electrons. The highest BCUT2D eigenvalue weighted by molar-refractivity contribution is 5.82. The smallest absolute Gasteiger partial charge is 0.315 e. The van der Waals surface area contributed by atoms with Crippen molar-refractivity contribution in [1.82, 2.24) is 0 Å². The zero-order chi connectivity index (χ0) is 17.6. The van der Waals surface area contributed by atoms with E-state index in [0.29, 0.717) is 44.8 Å². The van der Waals surface area contributed by atoms with Crippen molar-refractivity contribution in [3.8, 4) is 0 Å². The Morgan fingerprint density at radius 3 is 2.62 bits per heavy atom. The molecule has 3 rings (SSSR count). The summed E-state index contributed by atoms with van der Waals surface area (Å²) in [6.07, 6.45) is 6.51. The third-order valence-corrected chi connectivity index (χ3v) is 6.49. The SMILES string of the molecule is COC(=O)[C@H]1CC[C@@]23CC[C@@H]([C@@](C)(/C=C/C=O)OC2=O)[C@@]3(O)CC1. The van der Waals surface area contributed by atoms with Crippen LogP contribution in [0.1, 0.15) is 45.4 Å². The molecule has 0 aromatic heterocycles. The first-order valence-electron chi connectivity index (χ1n) is 8.49. The Morgan fingerprint density at radius 1 is 1.29 bits per heavy atom. The number of methoxy groups -OCH3 is 1. The molecule has 1 aliphatic heterocycles. The van der Waals surface area contributed by atoms with Crippen LogP contribution in [0.5, 0.6) is 0 Å². The van der Waals surface area contributed by atoms with Gasteiger partial charge in [-0.05, 0) is 57.6 Å². The molecule has 2 aliphatic carbocycles. The van der Waals surface area contributed by atoms with Gasteiger partial charge >= 0.3 is 11.9 Å². The average Bonchev–Trinajstić information content (AvgIpc) is 2.68. The Kier molecular flexibility index (Phi) is 4.06. The van der Waals surface area contributed by atoms with Crippen LogP contribution in [0, 0.1) is 17.3 Å². The highest BCUT2D eigenvalue weighted by atomic mass is 16.6. The van der Waals surface area contributed by atoms with E-state index >= 15 is 0 Å². The molecule has 1 N–H and O–H groups in total. The number of aldehydes is 1. The van der Waals surface area contributed by atoms with E-state index < -0.39 is 22.6 Å². The second-order valence-corrected chi connectivity index (χ2v) is 7.46. The first-order chi connectivity index (χ1) is 11.3. The van der Waals surface area contributed by atoms with Gasteiger partial charge in [0.15, 0.2) is 0 Å². The molecular formula is C18H24O6. The fourth-order valence-electron chi connectivity index (χ4n) is 5.19. The zero-order valence-electron chi connectivity index (χ0n) is 14.1. The van der Waals surface area contributed by atoms with Gasteiger partial charge in [-0.2, -0.15) is 0 Å². The molecule has 5 atom stereocenters. The van der Waals surface area contributed by atoms with Crippen molar-refractivity contribution in [2.24, 2.45) is 17.3 Å². The molecule has 3 fully saturated rings. The van der Waals surface area contributed by atoms with E-state index in [0.717, 1.165) is 0 Å². The maximum absolute atomic E-state index is 12.9. The number of esters is 2. The van der Waals surface area contributed by atoms with Gasteiger partial charge in [0.1, 0.15) is 11.9 Å². The van der Waals surface area contributed by atoms with Gasteiger partial charge in [0.25, 0.3) is 0 Å². The molecule has 0 aromatic rings. The van der Waals surface area contributed by atoms with Gasteiger partial charge < -0.3 is 14.6 Å². The van der Waals surface area contributed by atoms with Crippen LogP contribution in [0.3, 0.4) is 0 Å². The lowest BCUT2D eigenvalue weighted by molar-refractivity contribution is -0.225. The second kappa shape index (κ2) is 5.69. The van der Waals surface area contributed by atoms with Gasteiger partial charge in [-0.25, -0.2) is 0 Å². The van der Waals surface area contributed by atoms with E-state index in [2.05, 4.69) is 0 Å². The standard InChI is InChI=1S/C18H24O6/c1-16(7-3-11-19)13-6-9-17(15(21)24-16)8-4-12(14(20)23-2)5-10-18(13,17)22/h3,7,11-13,22H,4-6,8-10H2,1-2H3/b7-3+/t12-,13-,16+,17+,18-/m0/s1. The monoisotopic (exact) mass is 336 g/mol. The Hall–Kier alpha value is -1.69. The molecule has 0 aromatic carbocycles. The lowest BCUT2D eigenvalue weighted by Gasteiger charge is -2.52. The predicted molar refractivity (Wildman–Crippen MR) is 83.8 cm³/mol. The Labute approximate surface area is 141 Å². The van der Waals surface area contributed by atoms with E-state index in [1.54, 1.807) is 13.0 Å². The van der Waals surface area contributed by atoms with E-state index in [4.69, 9.17) is 9.47 Å². The Bertz CT molecular complexity index is 598. The first kappa shape index (κ1) is 17.1. The minimum Gasteiger partial charge on any atom is -0.469 e. The second-order valence-electron chi connectivity index (χ2n) is 7.46. The number of aliphatic hydroxyl groups is 1. The van der Waals surface area contributed by atoms with Crippen molar-refractivity contribution in [2.75, 3.05) is 7.11 Å². The fraction of sp³-hybridized carbons (Fsp3) is 0.722. The number of carbonyl (C=O) groups excluding carboxylic acids is 3. The molecule has 3 aliphatic rings. The van der Waals surface area contributed by atoms with Crippen LogP contribution in [0.15, 0.2) is 12.2 Å². The number of carbonyl (C=O) groups is 3. The predicted octanol–water partition coefficient (Wildman–Crippen LogP) is 1.55. The van der Waals surface area contributed by atoms with Gasteiger partial charge in [0, 0.05) is 5.92 Å². The lowest BCUT2D eigenvalue weighted by atomic mass is 9.62. The first-order valence-corrected chi connectivity index (χ1v) is 8.49. The summed E-state index contributed by atoms with van der Waals surface area (Å²) < 4.78 is 10.5. The third-order valence-electron chi connectivity index (χ3n) is 6.49. The van der Waals surface area contributed by atoms with Crippen LogP contribution in [-0.2, 0) is 23.9 Å². The van der Waals surface area contributed by atoms with Gasteiger partial charge in [-0.15, -0.1) is 0 Å². The average molecular weight is 336 g/mol. The topological polar surface area (TPSA) is 89.9 Å². The van der Waals surface area contributed by atoms with Crippen molar-refractivity contribution in [1.29, 1.82) is 0 Å². The molecule has 0 unspecified atom stereocenters. The fourth-order valence-corrected chi connectivity index (χ4v) is 5.19. The largest absolute Gasteiger partial charge is 0.469 e. The summed E-state index contributed by atoms with van der Waals surface area (Å²) in [4.78, 5) is 35.5. The minimum atomic E-state index is -1.22. The molecule has 0 radical (unpaired) electrons. The van der Waals surface area contributed by atoms with Crippen molar-refractivity contribution in [2.45, 2.75) is 56.7 Å². The lowest BCUT2D eigenvalue weighted by Crippen LogP contribution is -2.63. The van der Waals surface area contributed by atoms with Crippen LogP contribution < -0.4 is 0 Å². The maximum atomic E-state index is 12.9. The molecule has 0 spiro atoms. The summed E-state index contributed by atoms with van der Waals surface area (Å²) in [5.41, 5.74) is -3.17. The molecule has 0 amide bonds. The number of hydrogen-bond acceptors (Lipinski definition) is 6.